The lowest BCUT2D eigenvalue weighted by Crippen LogP contribution is -2.27. The molecule has 3 aromatic rings. The topological polar surface area (TPSA) is 75.8 Å². The van der Waals surface area contributed by atoms with Gasteiger partial charge in [-0.05, 0) is 46.6 Å². The van der Waals surface area contributed by atoms with E-state index in [0.29, 0.717) is 21.8 Å². The van der Waals surface area contributed by atoms with Gasteiger partial charge in [0.05, 0.1) is 11.2 Å². The van der Waals surface area contributed by atoms with Crippen LogP contribution in [0.5, 0.6) is 0 Å². The van der Waals surface area contributed by atoms with Gasteiger partial charge in [0.25, 0.3) is 5.56 Å². The van der Waals surface area contributed by atoms with Crippen LogP contribution in [0.4, 0.5) is 9.39 Å². The Kier molecular flexibility index (Phi) is 5.92. The second kappa shape index (κ2) is 8.61. The zero-order valence-electron chi connectivity index (χ0n) is 16.1. The molecule has 1 amide bonds. The van der Waals surface area contributed by atoms with Crippen LogP contribution in [0.2, 0.25) is 0 Å². The van der Waals surface area contributed by atoms with E-state index in [9.17, 15) is 14.0 Å². The highest BCUT2D eigenvalue weighted by atomic mass is 79.9. The van der Waals surface area contributed by atoms with Crippen LogP contribution < -0.4 is 10.9 Å². The lowest BCUT2D eigenvalue weighted by Gasteiger charge is -2.16. The van der Waals surface area contributed by atoms with Gasteiger partial charge in [-0.2, -0.15) is 10.2 Å². The molecule has 4 rings (SSSR count). The average molecular weight is 489 g/mol. The molecule has 1 unspecified atom stereocenters. The molecule has 0 spiro atoms. The van der Waals surface area contributed by atoms with Crippen LogP contribution >= 0.6 is 27.3 Å². The van der Waals surface area contributed by atoms with Crippen molar-refractivity contribution in [1.82, 2.24) is 4.57 Å². The highest BCUT2D eigenvalue weighted by molar-refractivity contribution is 9.10. The summed E-state index contributed by atoms with van der Waals surface area (Å²) in [6.07, 6.45) is 3.54. The Morgan fingerprint density at radius 3 is 3.00 bits per heavy atom. The molecule has 154 valence electrons. The third-order valence-electron chi connectivity index (χ3n) is 4.98. The van der Waals surface area contributed by atoms with E-state index in [2.05, 4.69) is 38.4 Å². The third kappa shape index (κ3) is 4.13. The third-order valence-corrected chi connectivity index (χ3v) is 6.80. The van der Waals surface area contributed by atoms with Crippen molar-refractivity contribution in [2.45, 2.75) is 26.3 Å². The highest BCUT2D eigenvalue weighted by Crippen LogP contribution is 2.35. The Balaban J connectivity index is 1.60. The maximum absolute atomic E-state index is 13.5. The second-order valence-corrected chi connectivity index (χ2v) is 8.71. The van der Waals surface area contributed by atoms with Crippen LogP contribution in [0.3, 0.4) is 0 Å². The monoisotopic (exact) mass is 488 g/mol. The summed E-state index contributed by atoms with van der Waals surface area (Å²) in [5.74, 6) is -0.439. The van der Waals surface area contributed by atoms with Crippen LogP contribution in [0.15, 0.2) is 55.2 Å². The van der Waals surface area contributed by atoms with E-state index >= 15 is 0 Å². The molecule has 0 saturated heterocycles. The van der Waals surface area contributed by atoms with Crippen LogP contribution in [0.25, 0.3) is 10.9 Å². The Hall–Kier alpha value is -2.65. The van der Waals surface area contributed by atoms with Gasteiger partial charge in [-0.15, -0.1) is 11.3 Å². The van der Waals surface area contributed by atoms with E-state index in [1.54, 1.807) is 6.07 Å². The SMILES string of the molecule is CCC1C=NN=C(c2c(Br)csc2NC(=O)Cn2c(=O)ccc3cc(F)ccc32)C1. The number of nitrogens with one attached hydrogen (secondary N) is 1. The largest absolute Gasteiger partial charge is 0.316 e. The zero-order valence-corrected chi connectivity index (χ0v) is 18.5. The molecule has 1 aliphatic heterocycles. The summed E-state index contributed by atoms with van der Waals surface area (Å²) in [5.41, 5.74) is 1.80. The molecule has 0 radical (unpaired) electrons. The number of anilines is 1. The molecular weight excluding hydrogens is 471 g/mol. The van der Waals surface area contributed by atoms with Gasteiger partial charge >= 0.3 is 0 Å². The minimum Gasteiger partial charge on any atom is -0.316 e. The predicted octanol–water partition coefficient (Wildman–Crippen LogP) is 4.81. The van der Waals surface area contributed by atoms with Crippen molar-refractivity contribution in [2.75, 3.05) is 5.32 Å². The van der Waals surface area contributed by atoms with Crippen molar-refractivity contribution >= 4 is 61.0 Å². The van der Waals surface area contributed by atoms with Crippen molar-refractivity contribution in [3.8, 4) is 0 Å². The molecule has 9 heteroatoms. The Labute approximate surface area is 184 Å². The number of hydrogen-bond acceptors (Lipinski definition) is 5. The first-order chi connectivity index (χ1) is 14.5. The Morgan fingerprint density at radius 1 is 1.37 bits per heavy atom. The molecule has 2 aromatic heterocycles. The van der Waals surface area contributed by atoms with E-state index in [4.69, 9.17) is 0 Å². The van der Waals surface area contributed by atoms with Gasteiger partial charge in [-0.25, -0.2) is 4.39 Å². The summed E-state index contributed by atoms with van der Waals surface area (Å²) in [6.45, 7) is 1.91. The number of thiophene rings is 1. The Morgan fingerprint density at radius 2 is 2.20 bits per heavy atom. The summed E-state index contributed by atoms with van der Waals surface area (Å²) in [6, 6.07) is 7.00. The van der Waals surface area contributed by atoms with Gasteiger partial charge in [-0.1, -0.05) is 6.92 Å². The lowest BCUT2D eigenvalue weighted by molar-refractivity contribution is -0.116. The summed E-state index contributed by atoms with van der Waals surface area (Å²) in [7, 11) is 0. The van der Waals surface area contributed by atoms with Crippen LogP contribution in [0.1, 0.15) is 25.3 Å². The molecule has 3 heterocycles. The van der Waals surface area contributed by atoms with Gasteiger partial charge in [0.1, 0.15) is 17.4 Å². The van der Waals surface area contributed by atoms with Gasteiger partial charge in [0.2, 0.25) is 5.91 Å². The summed E-state index contributed by atoms with van der Waals surface area (Å²) >= 11 is 4.92. The number of rotatable bonds is 5. The summed E-state index contributed by atoms with van der Waals surface area (Å²) < 4.78 is 15.7. The van der Waals surface area contributed by atoms with Gasteiger partial charge in [-0.3, -0.25) is 14.2 Å². The van der Waals surface area contributed by atoms with E-state index in [-0.39, 0.29) is 18.0 Å². The fourth-order valence-electron chi connectivity index (χ4n) is 3.39. The van der Waals surface area contributed by atoms with Crippen LogP contribution in [-0.2, 0) is 11.3 Å². The smallest absolute Gasteiger partial charge is 0.251 e. The molecule has 1 N–H and O–H groups in total. The second-order valence-electron chi connectivity index (χ2n) is 6.98. The fourth-order valence-corrected chi connectivity index (χ4v) is 5.08. The van der Waals surface area contributed by atoms with Crippen molar-refractivity contribution in [1.29, 1.82) is 0 Å². The minimum absolute atomic E-state index is 0.182. The van der Waals surface area contributed by atoms with E-state index in [1.165, 1.54) is 40.2 Å². The van der Waals surface area contributed by atoms with E-state index in [0.717, 1.165) is 28.6 Å². The molecule has 1 aliphatic rings. The first-order valence-corrected chi connectivity index (χ1v) is 11.1. The van der Waals surface area contributed by atoms with Crippen LogP contribution in [-0.4, -0.2) is 22.4 Å². The van der Waals surface area contributed by atoms with Crippen molar-refractivity contribution in [3.63, 3.8) is 0 Å². The lowest BCUT2D eigenvalue weighted by atomic mass is 9.96. The first-order valence-electron chi connectivity index (χ1n) is 9.42. The van der Waals surface area contributed by atoms with Gasteiger partial charge < -0.3 is 5.32 Å². The zero-order chi connectivity index (χ0) is 21.3. The fraction of sp³-hybridized carbons (Fsp3) is 0.238. The van der Waals surface area contributed by atoms with Crippen LogP contribution in [0, 0.1) is 11.7 Å². The normalized spacial score (nSPS) is 16.0. The number of amides is 1. The standard InChI is InChI=1S/C21H18BrFN4O2S/c1-2-12-7-16(26-24-9-12)20-15(22)11-30-21(20)25-18(28)10-27-17-5-4-14(23)8-13(17)3-6-19(27)29/h3-6,8-9,11-12H,2,7,10H2,1H3,(H,25,28). The number of fused-ring (bicyclic) bond motifs is 1. The molecule has 0 aliphatic carbocycles. The minimum atomic E-state index is -0.397. The number of benzene rings is 1. The summed E-state index contributed by atoms with van der Waals surface area (Å²) in [4.78, 5) is 25.1. The number of carbonyl (C=O) groups is 1. The number of pyridine rings is 1. The number of nitrogens with zero attached hydrogens (tertiary/aromatic N) is 3. The molecule has 0 saturated carbocycles. The maximum atomic E-state index is 13.5. The molecule has 1 atom stereocenters. The van der Waals surface area contributed by atoms with E-state index in [1.807, 2.05) is 11.6 Å². The molecule has 0 bridgehead atoms. The molecule has 1 aromatic carbocycles. The van der Waals surface area contributed by atoms with Gasteiger partial charge in [0.15, 0.2) is 0 Å². The number of aromatic nitrogens is 1. The maximum Gasteiger partial charge on any atom is 0.251 e. The number of halogens is 2. The number of carbonyl (C=O) groups excluding carboxylic acids is 1. The molecule has 0 fully saturated rings. The van der Waals surface area contributed by atoms with Crippen molar-refractivity contribution in [2.24, 2.45) is 16.1 Å². The number of hydrogen-bond donors (Lipinski definition) is 1. The quantitative estimate of drug-likeness (QED) is 0.559. The van der Waals surface area contributed by atoms with Crippen molar-refractivity contribution in [3.05, 3.63) is 61.9 Å². The molecule has 6 nitrogen and oxygen atoms in total. The first kappa shape index (κ1) is 20.6. The van der Waals surface area contributed by atoms with Gasteiger partial charge in [0, 0.05) is 45.4 Å². The van der Waals surface area contributed by atoms with Crippen molar-refractivity contribution < 1.29 is 9.18 Å². The molecule has 30 heavy (non-hydrogen) atoms. The summed E-state index contributed by atoms with van der Waals surface area (Å²) in [5, 5.41) is 14.4. The predicted molar refractivity (Wildman–Crippen MR) is 122 cm³/mol. The molecular formula is C21H18BrFN4O2S. The Bertz CT molecular complexity index is 1250. The average Bonchev–Trinajstić information content (AvgIpc) is 3.10. The van der Waals surface area contributed by atoms with E-state index < -0.39 is 5.82 Å². The highest BCUT2D eigenvalue weighted by Gasteiger charge is 2.22.